The molecule has 2 amide bonds. The van der Waals surface area contributed by atoms with E-state index in [1.165, 1.54) is 12.1 Å². The number of nitrogens with zero attached hydrogens (tertiary/aromatic N) is 3. The molecule has 1 aromatic carbocycles. The number of carbonyl (C=O) groups is 2. The number of nitrogens with one attached hydrogen (secondary N) is 1. The molecular formula is C17H26N4O9. The standard InChI is InChI=1S/C13H14N2O6.C4H11N.HNO3/c1-2-6-20-9-3-4-10-11(8-9)13(17)14(12(10)16)5-7-21-15(18)19;1-3-5-4-2;2-1(3)4/h3-4,8H,2,5-7H2,1H3;5H,3-4H2,1-2H3;(H,2,3,4). The second kappa shape index (κ2) is 14.5. The number of hydrogen-bond acceptors (Lipinski definition) is 9. The second-order valence-corrected chi connectivity index (χ2v) is 5.57. The summed E-state index contributed by atoms with van der Waals surface area (Å²) in [4.78, 5) is 47.7. The summed E-state index contributed by atoms with van der Waals surface area (Å²) in [5, 5.41) is 25.9. The molecule has 0 saturated heterocycles. The van der Waals surface area contributed by atoms with Gasteiger partial charge in [-0.3, -0.25) is 14.5 Å². The van der Waals surface area contributed by atoms with Crippen LogP contribution in [-0.2, 0) is 4.84 Å². The van der Waals surface area contributed by atoms with Crippen LogP contribution >= 0.6 is 0 Å². The second-order valence-electron chi connectivity index (χ2n) is 5.57. The van der Waals surface area contributed by atoms with Gasteiger partial charge in [0.1, 0.15) is 12.4 Å². The van der Waals surface area contributed by atoms with Gasteiger partial charge >= 0.3 is 0 Å². The highest BCUT2D eigenvalue weighted by atomic mass is 16.9. The van der Waals surface area contributed by atoms with E-state index < -0.39 is 22.0 Å². The Bertz CT molecular complexity index is 721. The maximum absolute atomic E-state index is 12.1. The van der Waals surface area contributed by atoms with E-state index in [2.05, 4.69) is 24.0 Å². The minimum absolute atomic E-state index is 0.168. The molecule has 1 aliphatic heterocycles. The van der Waals surface area contributed by atoms with E-state index in [4.69, 9.17) is 20.1 Å². The molecule has 0 radical (unpaired) electrons. The normalized spacial score (nSPS) is 11.5. The summed E-state index contributed by atoms with van der Waals surface area (Å²) < 4.78 is 5.42. The van der Waals surface area contributed by atoms with Crippen molar-refractivity contribution < 1.29 is 34.5 Å². The van der Waals surface area contributed by atoms with Gasteiger partial charge in [-0.15, -0.1) is 20.2 Å². The predicted molar refractivity (Wildman–Crippen MR) is 104 cm³/mol. The van der Waals surface area contributed by atoms with Gasteiger partial charge in [-0.25, -0.2) is 0 Å². The van der Waals surface area contributed by atoms with E-state index in [9.17, 15) is 19.7 Å². The van der Waals surface area contributed by atoms with Crippen molar-refractivity contribution in [2.45, 2.75) is 27.2 Å². The fourth-order valence-electron chi connectivity index (χ4n) is 2.24. The minimum atomic E-state index is -1.50. The van der Waals surface area contributed by atoms with Crippen LogP contribution in [0.3, 0.4) is 0 Å². The molecule has 1 heterocycles. The average Bonchev–Trinajstić information content (AvgIpc) is 2.91. The Kier molecular flexibility index (Phi) is 12.8. The van der Waals surface area contributed by atoms with Crippen LogP contribution in [0, 0.1) is 20.2 Å². The van der Waals surface area contributed by atoms with Crippen LogP contribution in [0.15, 0.2) is 18.2 Å². The number of ether oxygens (including phenoxy) is 1. The molecule has 2 rings (SSSR count). The molecule has 13 nitrogen and oxygen atoms in total. The zero-order chi connectivity index (χ0) is 23.1. The Morgan fingerprint density at radius 2 is 1.60 bits per heavy atom. The van der Waals surface area contributed by atoms with Crippen LogP contribution < -0.4 is 10.1 Å². The van der Waals surface area contributed by atoms with Crippen LogP contribution in [0.2, 0.25) is 0 Å². The average molecular weight is 430 g/mol. The Morgan fingerprint density at radius 3 is 2.07 bits per heavy atom. The summed E-state index contributed by atoms with van der Waals surface area (Å²) in [5.41, 5.74) is 0.514. The summed E-state index contributed by atoms with van der Waals surface area (Å²) in [6.45, 7) is 8.34. The topological polar surface area (TPSA) is 174 Å². The Labute approximate surface area is 172 Å². The van der Waals surface area contributed by atoms with Crippen LogP contribution in [0.5, 0.6) is 5.75 Å². The molecule has 0 aromatic heterocycles. The highest BCUT2D eigenvalue weighted by molar-refractivity contribution is 6.21. The third kappa shape index (κ3) is 9.64. The number of imide groups is 1. The van der Waals surface area contributed by atoms with Gasteiger partial charge in [0.2, 0.25) is 0 Å². The van der Waals surface area contributed by atoms with Gasteiger partial charge in [0, 0.05) is 0 Å². The molecule has 168 valence electrons. The van der Waals surface area contributed by atoms with Crippen molar-refractivity contribution in [2.75, 3.05) is 32.8 Å². The van der Waals surface area contributed by atoms with Crippen molar-refractivity contribution in [1.82, 2.24) is 10.2 Å². The summed E-state index contributed by atoms with van der Waals surface area (Å²) in [6.07, 6.45) is 0.828. The van der Waals surface area contributed by atoms with Crippen molar-refractivity contribution in [3.8, 4) is 5.75 Å². The Balaban J connectivity index is 0.000000789. The lowest BCUT2D eigenvalue weighted by Crippen LogP contribution is -2.33. The number of benzene rings is 1. The quantitative estimate of drug-likeness (QED) is 0.332. The van der Waals surface area contributed by atoms with Crippen molar-refractivity contribution in [1.29, 1.82) is 0 Å². The predicted octanol–water partition coefficient (Wildman–Crippen LogP) is 1.55. The van der Waals surface area contributed by atoms with Gasteiger partial charge in [0.15, 0.2) is 0 Å². The van der Waals surface area contributed by atoms with Crippen LogP contribution in [-0.4, -0.2) is 64.9 Å². The summed E-state index contributed by atoms with van der Waals surface area (Å²) in [7, 11) is 0. The molecule has 0 saturated carbocycles. The number of amides is 2. The molecule has 0 bridgehead atoms. The number of hydrogen-bond donors (Lipinski definition) is 2. The molecule has 13 heteroatoms. The van der Waals surface area contributed by atoms with Crippen LogP contribution in [0.1, 0.15) is 47.9 Å². The summed E-state index contributed by atoms with van der Waals surface area (Å²) in [6, 6.07) is 4.66. The monoisotopic (exact) mass is 430 g/mol. The van der Waals surface area contributed by atoms with Crippen LogP contribution in [0.25, 0.3) is 0 Å². The zero-order valence-electron chi connectivity index (χ0n) is 17.0. The first-order valence-corrected chi connectivity index (χ1v) is 9.13. The first-order chi connectivity index (χ1) is 14.2. The van der Waals surface area contributed by atoms with Gasteiger partial charge < -0.3 is 20.1 Å². The number of carbonyl (C=O) groups excluding carboxylic acids is 2. The van der Waals surface area contributed by atoms with Crippen molar-refractivity contribution in [3.63, 3.8) is 0 Å². The molecule has 30 heavy (non-hydrogen) atoms. The lowest BCUT2D eigenvalue weighted by Gasteiger charge is -2.12. The molecule has 2 N–H and O–H groups in total. The highest BCUT2D eigenvalue weighted by Crippen LogP contribution is 2.26. The van der Waals surface area contributed by atoms with E-state index in [0.717, 1.165) is 24.4 Å². The van der Waals surface area contributed by atoms with Gasteiger partial charge in [-0.2, -0.15) is 0 Å². The minimum Gasteiger partial charge on any atom is -0.494 e. The third-order valence-corrected chi connectivity index (χ3v) is 3.43. The van der Waals surface area contributed by atoms with Gasteiger partial charge in [-0.1, -0.05) is 20.8 Å². The first-order valence-electron chi connectivity index (χ1n) is 9.13. The maximum atomic E-state index is 12.1. The van der Waals surface area contributed by atoms with Crippen molar-refractivity contribution >= 4 is 11.8 Å². The molecule has 1 aromatic rings. The van der Waals surface area contributed by atoms with E-state index in [1.807, 2.05) is 6.92 Å². The SMILES string of the molecule is CCCOc1ccc2c(c1)C(=O)N(CCO[N+](=O)[O-])C2=O.CCNCC.O=[N+]([O-])O. The maximum Gasteiger partial charge on any atom is 0.294 e. The van der Waals surface area contributed by atoms with Gasteiger partial charge in [-0.05, 0) is 37.7 Å². The highest BCUT2D eigenvalue weighted by Gasteiger charge is 2.35. The van der Waals surface area contributed by atoms with E-state index >= 15 is 0 Å². The fourth-order valence-corrected chi connectivity index (χ4v) is 2.24. The molecular weight excluding hydrogens is 404 g/mol. The number of rotatable bonds is 9. The molecule has 0 atom stereocenters. The smallest absolute Gasteiger partial charge is 0.294 e. The summed E-state index contributed by atoms with van der Waals surface area (Å²) >= 11 is 0. The Morgan fingerprint density at radius 1 is 1.03 bits per heavy atom. The molecule has 0 fully saturated rings. The molecule has 1 aliphatic rings. The largest absolute Gasteiger partial charge is 0.494 e. The van der Waals surface area contributed by atoms with E-state index in [1.54, 1.807) is 6.07 Å². The molecule has 0 spiro atoms. The molecule has 0 unspecified atom stereocenters. The van der Waals surface area contributed by atoms with E-state index in [0.29, 0.717) is 12.4 Å². The third-order valence-electron chi connectivity index (χ3n) is 3.43. The fraction of sp³-hybridized carbons (Fsp3) is 0.529. The van der Waals surface area contributed by atoms with Gasteiger partial charge in [0.25, 0.3) is 22.0 Å². The van der Waals surface area contributed by atoms with Crippen molar-refractivity contribution in [2.24, 2.45) is 0 Å². The van der Waals surface area contributed by atoms with Crippen LogP contribution in [0.4, 0.5) is 0 Å². The van der Waals surface area contributed by atoms with E-state index in [-0.39, 0.29) is 24.3 Å². The lowest BCUT2D eigenvalue weighted by atomic mass is 10.1. The lowest BCUT2D eigenvalue weighted by molar-refractivity contribution is -0.757. The number of fused-ring (bicyclic) bond motifs is 1. The zero-order valence-corrected chi connectivity index (χ0v) is 17.0. The van der Waals surface area contributed by atoms with Crippen molar-refractivity contribution in [3.05, 3.63) is 49.6 Å². The Hall–Kier alpha value is -3.48. The van der Waals surface area contributed by atoms with Gasteiger partial charge in [0.05, 0.1) is 24.3 Å². The molecule has 0 aliphatic carbocycles. The first kappa shape index (κ1) is 26.5. The summed E-state index contributed by atoms with van der Waals surface area (Å²) in [5.74, 6) is -0.465.